The normalized spacial score (nSPS) is 19.5. The summed E-state index contributed by atoms with van der Waals surface area (Å²) in [4.78, 5) is 14.5. The molecule has 1 saturated heterocycles. The zero-order valence-electron chi connectivity index (χ0n) is 17.1. The Balaban J connectivity index is 1.73. The van der Waals surface area contributed by atoms with Gasteiger partial charge in [0.15, 0.2) is 0 Å². The van der Waals surface area contributed by atoms with E-state index >= 15 is 0 Å². The fraction of sp³-hybridized carbons (Fsp3) is 0.435. The SMILES string of the molecule is Cc1cc2c(cc1F)N1CCCCC1CCCCOc1ccc(C(=O)O)cc1SN2. The predicted molar refractivity (Wildman–Crippen MR) is 118 cm³/mol. The van der Waals surface area contributed by atoms with Crippen LogP contribution in [0.3, 0.4) is 0 Å². The Bertz CT molecular complexity index is 937. The molecule has 4 rings (SSSR count). The third-order valence-electron chi connectivity index (χ3n) is 5.86. The van der Waals surface area contributed by atoms with Crippen LogP contribution >= 0.6 is 11.9 Å². The Morgan fingerprint density at radius 1 is 1.20 bits per heavy atom. The highest BCUT2D eigenvalue weighted by Gasteiger charge is 2.26. The van der Waals surface area contributed by atoms with Gasteiger partial charge in [0.2, 0.25) is 0 Å². The third-order valence-corrected chi connectivity index (χ3v) is 6.73. The molecule has 2 heterocycles. The van der Waals surface area contributed by atoms with Crippen molar-refractivity contribution in [3.05, 3.63) is 47.3 Å². The molecule has 2 N–H and O–H groups in total. The van der Waals surface area contributed by atoms with Crippen LogP contribution in [0.1, 0.15) is 54.4 Å². The van der Waals surface area contributed by atoms with Crippen LogP contribution in [-0.2, 0) is 0 Å². The van der Waals surface area contributed by atoms with Crippen molar-refractivity contribution in [3.63, 3.8) is 0 Å². The van der Waals surface area contributed by atoms with E-state index in [1.54, 1.807) is 31.2 Å². The molecule has 0 radical (unpaired) electrons. The largest absolute Gasteiger partial charge is 0.492 e. The zero-order valence-corrected chi connectivity index (χ0v) is 17.9. The van der Waals surface area contributed by atoms with Gasteiger partial charge in [-0.1, -0.05) is 0 Å². The molecule has 1 fully saturated rings. The van der Waals surface area contributed by atoms with Crippen LogP contribution in [0, 0.1) is 12.7 Å². The number of carbonyl (C=O) groups is 1. The van der Waals surface area contributed by atoms with Crippen molar-refractivity contribution in [1.82, 2.24) is 0 Å². The molecule has 0 amide bonds. The number of anilines is 2. The molecule has 160 valence electrons. The van der Waals surface area contributed by atoms with Crippen LogP contribution in [0.15, 0.2) is 35.2 Å². The minimum Gasteiger partial charge on any atom is -0.492 e. The highest BCUT2D eigenvalue weighted by Crippen LogP contribution is 2.39. The number of rotatable bonds is 1. The van der Waals surface area contributed by atoms with Crippen LogP contribution in [-0.4, -0.2) is 30.3 Å². The number of carboxylic acids is 1. The molecule has 0 aliphatic carbocycles. The van der Waals surface area contributed by atoms with Gasteiger partial charge >= 0.3 is 5.97 Å². The lowest BCUT2D eigenvalue weighted by atomic mass is 9.96. The molecule has 2 aromatic carbocycles. The number of ether oxygens (including phenoxy) is 1. The summed E-state index contributed by atoms with van der Waals surface area (Å²) < 4.78 is 23.9. The van der Waals surface area contributed by atoms with Gasteiger partial charge in [-0.3, -0.25) is 0 Å². The van der Waals surface area contributed by atoms with E-state index in [2.05, 4.69) is 9.62 Å². The Kier molecular flexibility index (Phi) is 6.37. The van der Waals surface area contributed by atoms with E-state index in [9.17, 15) is 14.3 Å². The molecule has 1 atom stereocenters. The summed E-state index contributed by atoms with van der Waals surface area (Å²) in [5, 5.41) is 9.37. The molecular weight excluding hydrogens is 403 g/mol. The Labute approximate surface area is 180 Å². The van der Waals surface area contributed by atoms with Gasteiger partial charge in [-0.05, 0) is 93.3 Å². The molecular formula is C23H27FN2O3S. The van der Waals surface area contributed by atoms with Gasteiger partial charge in [-0.25, -0.2) is 9.18 Å². The van der Waals surface area contributed by atoms with Gasteiger partial charge < -0.3 is 19.5 Å². The number of nitrogens with zero attached hydrogens (tertiary/aromatic N) is 1. The average Bonchev–Trinajstić information content (AvgIpc) is 2.75. The molecule has 30 heavy (non-hydrogen) atoms. The summed E-state index contributed by atoms with van der Waals surface area (Å²) in [6, 6.07) is 8.77. The zero-order chi connectivity index (χ0) is 21.1. The lowest BCUT2D eigenvalue weighted by molar-refractivity contribution is 0.0696. The monoisotopic (exact) mass is 430 g/mol. The number of piperidine rings is 1. The number of halogens is 1. The third kappa shape index (κ3) is 4.51. The van der Waals surface area contributed by atoms with Gasteiger partial charge in [0, 0.05) is 12.6 Å². The fourth-order valence-electron chi connectivity index (χ4n) is 4.22. The van der Waals surface area contributed by atoms with E-state index in [4.69, 9.17) is 4.74 Å². The molecule has 5 nitrogen and oxygen atoms in total. The first kappa shape index (κ1) is 20.8. The van der Waals surface area contributed by atoms with E-state index in [0.29, 0.717) is 28.9 Å². The quantitative estimate of drug-likeness (QED) is 0.552. The van der Waals surface area contributed by atoms with Crippen molar-refractivity contribution < 1.29 is 19.0 Å². The second-order valence-electron chi connectivity index (χ2n) is 7.98. The summed E-state index contributed by atoms with van der Waals surface area (Å²) in [5.74, 6) is -0.517. The number of nitrogens with one attached hydrogen (secondary N) is 1. The topological polar surface area (TPSA) is 61.8 Å². The Morgan fingerprint density at radius 2 is 2.00 bits per heavy atom. The number of aromatic carboxylic acids is 1. The summed E-state index contributed by atoms with van der Waals surface area (Å²) in [5.41, 5.74) is 2.51. The maximum absolute atomic E-state index is 14.5. The number of carboxylic acid groups (broad SMARTS) is 1. The fourth-order valence-corrected chi connectivity index (χ4v) is 5.02. The maximum Gasteiger partial charge on any atom is 0.335 e. The van der Waals surface area contributed by atoms with Crippen molar-refractivity contribution in [3.8, 4) is 5.75 Å². The summed E-state index contributed by atoms with van der Waals surface area (Å²) in [7, 11) is 0. The summed E-state index contributed by atoms with van der Waals surface area (Å²) >= 11 is 1.31. The van der Waals surface area contributed by atoms with E-state index in [0.717, 1.165) is 50.0 Å². The van der Waals surface area contributed by atoms with Crippen molar-refractivity contribution >= 4 is 29.3 Å². The first-order chi connectivity index (χ1) is 14.5. The Hall–Kier alpha value is -2.41. The number of aryl methyl sites for hydroxylation is 1. The highest BCUT2D eigenvalue weighted by atomic mass is 32.2. The predicted octanol–water partition coefficient (Wildman–Crippen LogP) is 5.87. The van der Waals surface area contributed by atoms with E-state index in [1.807, 2.05) is 6.07 Å². The summed E-state index contributed by atoms with van der Waals surface area (Å²) in [6.45, 7) is 3.27. The van der Waals surface area contributed by atoms with Crippen molar-refractivity contribution in [2.75, 3.05) is 22.8 Å². The molecule has 0 spiro atoms. The number of fused-ring (bicyclic) bond motifs is 4. The second-order valence-corrected chi connectivity index (χ2v) is 8.82. The first-order valence-electron chi connectivity index (χ1n) is 10.5. The second kappa shape index (κ2) is 9.16. The van der Waals surface area contributed by atoms with Gasteiger partial charge in [0.25, 0.3) is 0 Å². The lowest BCUT2D eigenvalue weighted by Crippen LogP contribution is -2.40. The molecule has 2 aliphatic rings. The van der Waals surface area contributed by atoms with Gasteiger partial charge in [-0.2, -0.15) is 0 Å². The first-order valence-corrected chi connectivity index (χ1v) is 11.3. The molecule has 7 heteroatoms. The number of benzene rings is 2. The van der Waals surface area contributed by atoms with Crippen molar-refractivity contribution in [2.24, 2.45) is 0 Å². The maximum atomic E-state index is 14.5. The highest BCUT2D eigenvalue weighted by molar-refractivity contribution is 8.00. The van der Waals surface area contributed by atoms with Crippen LogP contribution in [0.2, 0.25) is 0 Å². The van der Waals surface area contributed by atoms with Crippen LogP contribution in [0.5, 0.6) is 5.75 Å². The van der Waals surface area contributed by atoms with E-state index < -0.39 is 5.97 Å². The molecule has 0 aromatic heterocycles. The van der Waals surface area contributed by atoms with E-state index in [-0.39, 0.29) is 11.4 Å². The smallest absolute Gasteiger partial charge is 0.335 e. The van der Waals surface area contributed by atoms with Crippen LogP contribution in [0.25, 0.3) is 0 Å². The number of hydrogen-bond donors (Lipinski definition) is 2. The van der Waals surface area contributed by atoms with Crippen LogP contribution in [0.4, 0.5) is 15.8 Å². The van der Waals surface area contributed by atoms with Gasteiger partial charge in [-0.15, -0.1) is 0 Å². The minimum absolute atomic E-state index is 0.203. The number of hydrogen-bond acceptors (Lipinski definition) is 5. The average molecular weight is 431 g/mol. The minimum atomic E-state index is -0.976. The molecule has 1 unspecified atom stereocenters. The molecule has 2 aliphatic heterocycles. The van der Waals surface area contributed by atoms with E-state index in [1.165, 1.54) is 18.4 Å². The van der Waals surface area contributed by atoms with Crippen molar-refractivity contribution in [2.45, 2.75) is 56.4 Å². The standard InChI is InChI=1S/C23H27FN2O3S/c1-15-12-19-20(14-18(15)24)26-10-4-2-6-17(26)7-3-5-11-29-21-9-8-16(23(27)28)13-22(21)30-25-19/h8-9,12-14,17,25H,2-7,10-11H2,1H3,(H,27,28). The van der Waals surface area contributed by atoms with Gasteiger partial charge in [0.05, 0.1) is 28.4 Å². The molecule has 0 bridgehead atoms. The lowest BCUT2D eigenvalue weighted by Gasteiger charge is -2.39. The van der Waals surface area contributed by atoms with Crippen LogP contribution < -0.4 is 14.4 Å². The summed E-state index contributed by atoms with van der Waals surface area (Å²) in [6.07, 6.45) is 6.44. The van der Waals surface area contributed by atoms with Crippen molar-refractivity contribution in [1.29, 1.82) is 0 Å². The Morgan fingerprint density at radius 3 is 2.80 bits per heavy atom. The molecule has 2 aromatic rings. The van der Waals surface area contributed by atoms with Gasteiger partial charge in [0.1, 0.15) is 11.6 Å². The molecule has 0 saturated carbocycles.